The van der Waals surface area contributed by atoms with Crippen LogP contribution in [0.3, 0.4) is 0 Å². The molecule has 3 heteroatoms. The van der Waals surface area contributed by atoms with Crippen molar-refractivity contribution in [2.45, 2.75) is 19.8 Å². The normalized spacial score (nSPS) is 10.9. The van der Waals surface area contributed by atoms with Gasteiger partial charge in [-0.25, -0.2) is 0 Å². The molecule has 0 aliphatic rings. The number of hydrogen-bond donors (Lipinski definition) is 2. The molecule has 0 unspecified atom stereocenters. The Hall–Kier alpha value is -1.35. The lowest BCUT2D eigenvalue weighted by Gasteiger charge is -2.04. The summed E-state index contributed by atoms with van der Waals surface area (Å²) < 4.78 is 0. The van der Waals surface area contributed by atoms with Crippen LogP contribution in [0.5, 0.6) is 0 Å². The summed E-state index contributed by atoms with van der Waals surface area (Å²) in [6, 6.07) is 6.30. The summed E-state index contributed by atoms with van der Waals surface area (Å²) in [6.45, 7) is 2.31. The van der Waals surface area contributed by atoms with Gasteiger partial charge in [-0.3, -0.25) is 0 Å². The van der Waals surface area contributed by atoms with Crippen LogP contribution in [-0.4, -0.2) is 25.0 Å². The summed E-state index contributed by atoms with van der Waals surface area (Å²) >= 11 is 0. The van der Waals surface area contributed by atoms with E-state index in [2.05, 4.69) is 35.7 Å². The Morgan fingerprint density at radius 1 is 1.33 bits per heavy atom. The van der Waals surface area contributed by atoms with E-state index >= 15 is 0 Å². The molecule has 0 saturated heterocycles. The first-order valence-electron chi connectivity index (χ1n) is 5.23. The molecule has 0 atom stereocenters. The van der Waals surface area contributed by atoms with Gasteiger partial charge in [0.05, 0.1) is 6.21 Å². The standard InChI is InChI=1S/C12H18N2O/c1-3-10-6-11(4-5-15)8-12(7-10)9-14-13-2/h6-9,13,15H,3-5H2,1-2H3/b14-9+. The zero-order valence-corrected chi connectivity index (χ0v) is 9.33. The van der Waals surface area contributed by atoms with Crippen LogP contribution in [-0.2, 0) is 12.8 Å². The van der Waals surface area contributed by atoms with Crippen LogP contribution in [0, 0.1) is 0 Å². The molecular formula is C12H18N2O. The summed E-state index contributed by atoms with van der Waals surface area (Å²) in [6.07, 6.45) is 3.49. The van der Waals surface area contributed by atoms with Crippen molar-refractivity contribution in [1.29, 1.82) is 0 Å². The van der Waals surface area contributed by atoms with Crippen molar-refractivity contribution in [3.05, 3.63) is 34.9 Å². The SMILES string of the molecule is CCc1cc(/C=N/NC)cc(CCO)c1. The molecule has 1 rings (SSSR count). The fourth-order valence-electron chi connectivity index (χ4n) is 1.48. The summed E-state index contributed by atoms with van der Waals surface area (Å²) in [7, 11) is 1.77. The van der Waals surface area contributed by atoms with Crippen LogP contribution in [0.1, 0.15) is 23.6 Å². The van der Waals surface area contributed by atoms with E-state index in [9.17, 15) is 0 Å². The number of aliphatic hydroxyl groups excluding tert-OH is 1. The molecule has 2 N–H and O–H groups in total. The molecule has 0 aromatic heterocycles. The fourth-order valence-corrected chi connectivity index (χ4v) is 1.48. The average molecular weight is 206 g/mol. The fraction of sp³-hybridized carbons (Fsp3) is 0.417. The van der Waals surface area contributed by atoms with Gasteiger partial charge in [0.2, 0.25) is 0 Å². The lowest BCUT2D eigenvalue weighted by molar-refractivity contribution is 0.299. The van der Waals surface area contributed by atoms with Gasteiger partial charge in [-0.15, -0.1) is 0 Å². The first-order chi connectivity index (χ1) is 7.30. The Labute approximate surface area is 90.8 Å². The van der Waals surface area contributed by atoms with E-state index in [4.69, 9.17) is 5.11 Å². The van der Waals surface area contributed by atoms with Crippen LogP contribution < -0.4 is 5.43 Å². The Morgan fingerprint density at radius 3 is 2.67 bits per heavy atom. The molecule has 0 radical (unpaired) electrons. The summed E-state index contributed by atoms with van der Waals surface area (Å²) in [4.78, 5) is 0. The van der Waals surface area contributed by atoms with Gasteiger partial charge in [-0.05, 0) is 29.5 Å². The van der Waals surface area contributed by atoms with Gasteiger partial charge in [0.25, 0.3) is 0 Å². The van der Waals surface area contributed by atoms with Crippen molar-refractivity contribution in [3.63, 3.8) is 0 Å². The Morgan fingerprint density at radius 2 is 2.07 bits per heavy atom. The molecule has 0 bridgehead atoms. The Bertz CT molecular complexity index is 334. The van der Waals surface area contributed by atoms with E-state index in [0.717, 1.165) is 17.5 Å². The predicted molar refractivity (Wildman–Crippen MR) is 63.3 cm³/mol. The van der Waals surface area contributed by atoms with Crippen LogP contribution in [0.15, 0.2) is 23.3 Å². The molecule has 0 aliphatic heterocycles. The van der Waals surface area contributed by atoms with Crippen molar-refractivity contribution in [3.8, 4) is 0 Å². The average Bonchev–Trinajstić information content (AvgIpc) is 2.26. The number of rotatable bonds is 5. The minimum atomic E-state index is 0.190. The maximum Gasteiger partial charge on any atom is 0.0540 e. The van der Waals surface area contributed by atoms with E-state index in [-0.39, 0.29) is 6.61 Å². The first kappa shape index (κ1) is 11.7. The third kappa shape index (κ3) is 3.72. The summed E-state index contributed by atoms with van der Waals surface area (Å²) in [5, 5.41) is 12.9. The molecule has 0 heterocycles. The van der Waals surface area contributed by atoms with Gasteiger partial charge in [0.1, 0.15) is 0 Å². The molecular weight excluding hydrogens is 188 g/mol. The molecule has 0 aliphatic carbocycles. The van der Waals surface area contributed by atoms with E-state index in [1.165, 1.54) is 5.56 Å². The largest absolute Gasteiger partial charge is 0.396 e. The topological polar surface area (TPSA) is 44.6 Å². The minimum Gasteiger partial charge on any atom is -0.396 e. The zero-order chi connectivity index (χ0) is 11.1. The molecule has 0 saturated carbocycles. The monoisotopic (exact) mass is 206 g/mol. The van der Waals surface area contributed by atoms with Gasteiger partial charge in [0, 0.05) is 13.7 Å². The molecule has 0 spiro atoms. The molecule has 0 amide bonds. The van der Waals surface area contributed by atoms with E-state index in [1.807, 2.05) is 0 Å². The van der Waals surface area contributed by atoms with E-state index < -0.39 is 0 Å². The van der Waals surface area contributed by atoms with Crippen molar-refractivity contribution >= 4 is 6.21 Å². The van der Waals surface area contributed by atoms with Crippen molar-refractivity contribution in [2.75, 3.05) is 13.7 Å². The van der Waals surface area contributed by atoms with Gasteiger partial charge in [-0.1, -0.05) is 25.1 Å². The van der Waals surface area contributed by atoms with Gasteiger partial charge < -0.3 is 10.5 Å². The van der Waals surface area contributed by atoms with Crippen LogP contribution >= 0.6 is 0 Å². The number of hydrogen-bond acceptors (Lipinski definition) is 3. The quantitative estimate of drug-likeness (QED) is 0.564. The predicted octanol–water partition coefficient (Wildman–Crippen LogP) is 1.34. The minimum absolute atomic E-state index is 0.190. The molecule has 15 heavy (non-hydrogen) atoms. The lowest BCUT2D eigenvalue weighted by Crippen LogP contribution is -1.98. The van der Waals surface area contributed by atoms with Gasteiger partial charge in [0.15, 0.2) is 0 Å². The number of benzene rings is 1. The zero-order valence-electron chi connectivity index (χ0n) is 9.33. The number of aryl methyl sites for hydroxylation is 1. The maximum absolute atomic E-state index is 8.90. The van der Waals surface area contributed by atoms with Crippen molar-refractivity contribution in [2.24, 2.45) is 5.10 Å². The lowest BCUT2D eigenvalue weighted by atomic mass is 10.0. The van der Waals surface area contributed by atoms with Crippen molar-refractivity contribution < 1.29 is 5.11 Å². The molecule has 0 fully saturated rings. The Balaban J connectivity index is 2.94. The second-order valence-electron chi connectivity index (χ2n) is 3.39. The molecule has 3 nitrogen and oxygen atoms in total. The second kappa shape index (κ2) is 6.19. The van der Waals surface area contributed by atoms with E-state index in [1.54, 1.807) is 13.3 Å². The molecule has 82 valence electrons. The Kier molecular flexibility index (Phi) is 4.84. The van der Waals surface area contributed by atoms with Crippen LogP contribution in [0.2, 0.25) is 0 Å². The first-order valence-corrected chi connectivity index (χ1v) is 5.23. The van der Waals surface area contributed by atoms with Crippen LogP contribution in [0.25, 0.3) is 0 Å². The third-order valence-corrected chi connectivity index (χ3v) is 2.23. The summed E-state index contributed by atoms with van der Waals surface area (Å²) in [5.41, 5.74) is 6.24. The second-order valence-corrected chi connectivity index (χ2v) is 3.39. The highest BCUT2D eigenvalue weighted by Gasteiger charge is 1.98. The third-order valence-electron chi connectivity index (χ3n) is 2.23. The highest BCUT2D eigenvalue weighted by molar-refractivity contribution is 5.80. The molecule has 1 aromatic carbocycles. The number of nitrogens with one attached hydrogen (secondary N) is 1. The number of aliphatic hydroxyl groups is 1. The van der Waals surface area contributed by atoms with Crippen LogP contribution in [0.4, 0.5) is 0 Å². The highest BCUT2D eigenvalue weighted by Crippen LogP contribution is 2.10. The van der Waals surface area contributed by atoms with Gasteiger partial charge in [-0.2, -0.15) is 5.10 Å². The number of hydrazone groups is 1. The van der Waals surface area contributed by atoms with Gasteiger partial charge >= 0.3 is 0 Å². The number of nitrogens with zero attached hydrogens (tertiary/aromatic N) is 1. The molecule has 1 aromatic rings. The maximum atomic E-state index is 8.90. The highest BCUT2D eigenvalue weighted by atomic mass is 16.2. The smallest absolute Gasteiger partial charge is 0.0540 e. The van der Waals surface area contributed by atoms with Crippen molar-refractivity contribution in [1.82, 2.24) is 5.43 Å². The van der Waals surface area contributed by atoms with E-state index in [0.29, 0.717) is 6.42 Å². The summed E-state index contributed by atoms with van der Waals surface area (Å²) in [5.74, 6) is 0.